The molecule has 1 aliphatic heterocycles. The minimum atomic E-state index is -0.508. The smallest absolute Gasteiger partial charge is 0.311 e. The maximum Gasteiger partial charge on any atom is 0.311 e. The highest BCUT2D eigenvalue weighted by Crippen LogP contribution is 2.24. The molecule has 70 valence electrons. The Morgan fingerprint density at radius 3 is 2.92 bits per heavy atom. The van der Waals surface area contributed by atoms with Crippen LogP contribution >= 0.6 is 0 Å². The fourth-order valence-corrected chi connectivity index (χ4v) is 1.59. The maximum absolute atomic E-state index is 11.0. The number of hydrogen-bond acceptors (Lipinski definition) is 3. The van der Waals surface area contributed by atoms with Crippen LogP contribution in [0.1, 0.15) is 26.7 Å². The third kappa shape index (κ3) is 1.78. The minimum Gasteiger partial charge on any atom is -0.465 e. The van der Waals surface area contributed by atoms with Gasteiger partial charge in [-0.1, -0.05) is 13.3 Å². The molecule has 0 bridgehead atoms. The molecule has 1 N–H and O–H groups in total. The molecule has 0 radical (unpaired) electrons. The molecule has 0 aromatic rings. The molecule has 1 saturated heterocycles. The molecule has 0 saturated carbocycles. The number of ether oxygens (including phenoxy) is 1. The fraction of sp³-hybridized carbons (Fsp3) is 0.889. The lowest BCUT2D eigenvalue weighted by atomic mass is 9.87. The normalized spacial score (nSPS) is 36.2. The summed E-state index contributed by atoms with van der Waals surface area (Å²) in [6.45, 7) is 4.17. The van der Waals surface area contributed by atoms with E-state index in [1.54, 1.807) is 6.92 Å². The molecule has 1 aliphatic rings. The number of aliphatic hydroxyl groups is 1. The molecule has 1 rings (SSSR count). The summed E-state index contributed by atoms with van der Waals surface area (Å²) in [5, 5.41) is 9.64. The third-order valence-corrected chi connectivity index (χ3v) is 2.47. The minimum absolute atomic E-state index is 0.141. The Morgan fingerprint density at radius 1 is 1.67 bits per heavy atom. The number of cyclic esters (lactones) is 1. The largest absolute Gasteiger partial charge is 0.465 e. The lowest BCUT2D eigenvalue weighted by molar-refractivity contribution is -0.166. The van der Waals surface area contributed by atoms with Gasteiger partial charge in [-0.2, -0.15) is 0 Å². The van der Waals surface area contributed by atoms with Gasteiger partial charge in [0.1, 0.15) is 0 Å². The van der Waals surface area contributed by atoms with Gasteiger partial charge in [0.25, 0.3) is 0 Å². The Labute approximate surface area is 72.7 Å². The summed E-state index contributed by atoms with van der Waals surface area (Å²) in [6, 6.07) is 0. The van der Waals surface area contributed by atoms with Crippen molar-refractivity contribution >= 4 is 5.97 Å². The van der Waals surface area contributed by atoms with Crippen LogP contribution in [-0.4, -0.2) is 23.8 Å². The van der Waals surface area contributed by atoms with Crippen molar-refractivity contribution in [1.82, 2.24) is 0 Å². The molecule has 0 aromatic carbocycles. The summed E-state index contributed by atoms with van der Waals surface area (Å²) in [4.78, 5) is 11.0. The number of carbonyl (C=O) groups is 1. The van der Waals surface area contributed by atoms with Crippen LogP contribution in [0, 0.1) is 11.8 Å². The van der Waals surface area contributed by atoms with Gasteiger partial charge in [-0.25, -0.2) is 0 Å². The number of esters is 1. The summed E-state index contributed by atoms with van der Waals surface area (Å²) >= 11 is 0. The fourth-order valence-electron chi connectivity index (χ4n) is 1.59. The van der Waals surface area contributed by atoms with Gasteiger partial charge >= 0.3 is 5.97 Å². The molecular weight excluding hydrogens is 156 g/mol. The van der Waals surface area contributed by atoms with Crippen molar-refractivity contribution < 1.29 is 14.6 Å². The van der Waals surface area contributed by atoms with Gasteiger partial charge in [0.15, 0.2) is 0 Å². The summed E-state index contributed by atoms with van der Waals surface area (Å²) in [7, 11) is 0. The zero-order valence-corrected chi connectivity index (χ0v) is 7.62. The summed E-state index contributed by atoms with van der Waals surface area (Å²) in [6.07, 6.45) is 1.44. The highest BCUT2D eigenvalue weighted by Gasteiger charge is 2.35. The predicted molar refractivity (Wildman–Crippen MR) is 44.5 cm³/mol. The monoisotopic (exact) mass is 172 g/mol. The average molecular weight is 172 g/mol. The highest BCUT2D eigenvalue weighted by molar-refractivity contribution is 5.73. The first-order valence-corrected chi connectivity index (χ1v) is 4.51. The van der Waals surface area contributed by atoms with Gasteiger partial charge in [0.05, 0.1) is 18.6 Å². The molecule has 3 atom stereocenters. The Hall–Kier alpha value is -0.570. The van der Waals surface area contributed by atoms with Gasteiger partial charge in [-0.05, 0) is 13.3 Å². The van der Waals surface area contributed by atoms with E-state index in [9.17, 15) is 9.90 Å². The molecule has 0 aromatic heterocycles. The average Bonchev–Trinajstić information content (AvgIpc) is 2.07. The van der Waals surface area contributed by atoms with Crippen LogP contribution in [0.3, 0.4) is 0 Å². The van der Waals surface area contributed by atoms with Crippen molar-refractivity contribution in [3.05, 3.63) is 0 Å². The summed E-state index contributed by atoms with van der Waals surface area (Å²) in [5.74, 6) is -0.479. The Morgan fingerprint density at radius 2 is 2.33 bits per heavy atom. The Bertz CT molecular complexity index is 167. The van der Waals surface area contributed by atoms with E-state index in [2.05, 4.69) is 6.92 Å². The summed E-state index contributed by atoms with van der Waals surface area (Å²) < 4.78 is 4.93. The SMILES string of the molecule is CCC[C@H]1COC(=O)[C@@H](C)[C@H]1O. The number of rotatable bonds is 2. The van der Waals surface area contributed by atoms with Gasteiger partial charge in [-0.3, -0.25) is 4.79 Å². The molecule has 0 spiro atoms. The van der Waals surface area contributed by atoms with Crippen molar-refractivity contribution in [3.63, 3.8) is 0 Å². The van der Waals surface area contributed by atoms with Crippen molar-refractivity contribution in [2.75, 3.05) is 6.61 Å². The molecule has 1 fully saturated rings. The van der Waals surface area contributed by atoms with E-state index in [4.69, 9.17) is 4.74 Å². The standard InChI is InChI=1S/C9H16O3/c1-3-4-7-5-12-9(11)6(2)8(7)10/h6-8,10H,3-5H2,1-2H3/t6-,7-,8+/m0/s1. The highest BCUT2D eigenvalue weighted by atomic mass is 16.5. The van der Waals surface area contributed by atoms with Gasteiger partial charge in [0, 0.05) is 5.92 Å². The topological polar surface area (TPSA) is 46.5 Å². The second-order valence-electron chi connectivity index (χ2n) is 3.46. The maximum atomic E-state index is 11.0. The number of aliphatic hydroxyl groups excluding tert-OH is 1. The van der Waals surface area contributed by atoms with Crippen LogP contribution in [-0.2, 0) is 9.53 Å². The van der Waals surface area contributed by atoms with E-state index in [0.717, 1.165) is 12.8 Å². The first-order chi connectivity index (χ1) is 5.66. The molecule has 12 heavy (non-hydrogen) atoms. The van der Waals surface area contributed by atoms with E-state index in [-0.39, 0.29) is 17.8 Å². The van der Waals surface area contributed by atoms with E-state index < -0.39 is 6.10 Å². The molecular formula is C9H16O3. The number of carbonyl (C=O) groups excluding carboxylic acids is 1. The van der Waals surface area contributed by atoms with E-state index in [1.165, 1.54) is 0 Å². The van der Waals surface area contributed by atoms with E-state index >= 15 is 0 Å². The van der Waals surface area contributed by atoms with Crippen molar-refractivity contribution in [2.45, 2.75) is 32.8 Å². The van der Waals surface area contributed by atoms with Crippen LogP contribution in [0.4, 0.5) is 0 Å². The van der Waals surface area contributed by atoms with Crippen molar-refractivity contribution in [2.24, 2.45) is 11.8 Å². The second-order valence-corrected chi connectivity index (χ2v) is 3.46. The quantitative estimate of drug-likeness (QED) is 0.631. The molecule has 3 nitrogen and oxygen atoms in total. The molecule has 1 heterocycles. The second kappa shape index (κ2) is 3.90. The molecule has 0 unspecified atom stereocenters. The first kappa shape index (κ1) is 9.52. The number of hydrogen-bond donors (Lipinski definition) is 1. The van der Waals surface area contributed by atoms with Gasteiger partial charge in [-0.15, -0.1) is 0 Å². The molecule has 3 heteroatoms. The predicted octanol–water partition coefficient (Wildman–Crippen LogP) is 0.956. The third-order valence-electron chi connectivity index (χ3n) is 2.47. The summed E-state index contributed by atoms with van der Waals surface area (Å²) in [5.41, 5.74) is 0. The van der Waals surface area contributed by atoms with Crippen LogP contribution in [0.5, 0.6) is 0 Å². The Kier molecular flexibility index (Phi) is 3.09. The zero-order chi connectivity index (χ0) is 9.14. The van der Waals surface area contributed by atoms with Gasteiger partial charge < -0.3 is 9.84 Å². The first-order valence-electron chi connectivity index (χ1n) is 4.51. The lowest BCUT2D eigenvalue weighted by Gasteiger charge is -2.31. The van der Waals surface area contributed by atoms with Crippen molar-refractivity contribution in [3.8, 4) is 0 Å². The van der Waals surface area contributed by atoms with Crippen LogP contribution < -0.4 is 0 Å². The van der Waals surface area contributed by atoms with Crippen LogP contribution in [0.25, 0.3) is 0 Å². The zero-order valence-electron chi connectivity index (χ0n) is 7.62. The van der Waals surface area contributed by atoms with E-state index in [0.29, 0.717) is 6.61 Å². The van der Waals surface area contributed by atoms with Crippen LogP contribution in [0.15, 0.2) is 0 Å². The molecule has 0 aliphatic carbocycles. The van der Waals surface area contributed by atoms with Crippen LogP contribution in [0.2, 0.25) is 0 Å². The van der Waals surface area contributed by atoms with Crippen molar-refractivity contribution in [1.29, 1.82) is 0 Å². The van der Waals surface area contributed by atoms with Gasteiger partial charge in [0.2, 0.25) is 0 Å². The molecule has 0 amide bonds. The lowest BCUT2D eigenvalue weighted by Crippen LogP contribution is -2.41. The van der Waals surface area contributed by atoms with E-state index in [1.807, 2.05) is 0 Å². The Balaban J connectivity index is 2.52.